The highest BCUT2D eigenvalue weighted by Crippen LogP contribution is 2.16. The van der Waals surface area contributed by atoms with Gasteiger partial charge in [-0.2, -0.15) is 8.42 Å². The van der Waals surface area contributed by atoms with E-state index in [1.165, 1.54) is 12.1 Å². The van der Waals surface area contributed by atoms with Gasteiger partial charge in [0.05, 0.1) is 11.5 Å². The molecule has 0 radical (unpaired) electrons. The number of benzene rings is 1. The molecule has 2 aromatic rings. The lowest BCUT2D eigenvalue weighted by Gasteiger charge is -2.06. The van der Waals surface area contributed by atoms with E-state index in [1.807, 2.05) is 6.92 Å². The number of halogens is 1. The third kappa shape index (κ3) is 3.86. The maximum absolute atomic E-state index is 11.9. The van der Waals surface area contributed by atoms with Gasteiger partial charge in [-0.05, 0) is 46.6 Å². The van der Waals surface area contributed by atoms with Crippen molar-refractivity contribution in [2.75, 3.05) is 0 Å². The van der Waals surface area contributed by atoms with Crippen molar-refractivity contribution in [1.82, 2.24) is 4.98 Å². The molecule has 0 N–H and O–H groups in total. The van der Waals surface area contributed by atoms with Gasteiger partial charge in [0.1, 0.15) is 0 Å². The Bertz CT molecular complexity index is 669. The summed E-state index contributed by atoms with van der Waals surface area (Å²) in [4.78, 5) is 4.10. The van der Waals surface area contributed by atoms with Crippen LogP contribution in [0.3, 0.4) is 0 Å². The summed E-state index contributed by atoms with van der Waals surface area (Å²) < 4.78 is 29.7. The summed E-state index contributed by atoms with van der Waals surface area (Å²) in [6, 6.07) is 8.29. The van der Waals surface area contributed by atoms with Gasteiger partial charge < -0.3 is 0 Å². The highest BCUT2D eigenvalue weighted by atomic mass is 79.9. The van der Waals surface area contributed by atoms with Gasteiger partial charge in [-0.15, -0.1) is 0 Å². The molecule has 1 aromatic heterocycles. The summed E-state index contributed by atoms with van der Waals surface area (Å²) in [7, 11) is -3.73. The molecular formula is C13H12BrNO3S. The minimum Gasteiger partial charge on any atom is -0.263 e. The molecule has 0 aliphatic heterocycles. The quantitative estimate of drug-likeness (QED) is 0.802. The fourth-order valence-corrected chi connectivity index (χ4v) is 2.76. The van der Waals surface area contributed by atoms with Crippen LogP contribution in [-0.2, 0) is 20.9 Å². The van der Waals surface area contributed by atoms with E-state index in [4.69, 9.17) is 4.18 Å². The molecule has 0 aliphatic rings. The molecule has 100 valence electrons. The van der Waals surface area contributed by atoms with Crippen molar-refractivity contribution in [3.05, 3.63) is 58.3 Å². The number of nitrogens with zero attached hydrogens (tertiary/aromatic N) is 1. The minimum absolute atomic E-state index is 0.0390. The molecule has 1 aromatic carbocycles. The Morgan fingerprint density at radius 2 is 1.89 bits per heavy atom. The largest absolute Gasteiger partial charge is 0.297 e. The third-order valence-corrected chi connectivity index (χ3v) is 4.16. The van der Waals surface area contributed by atoms with Gasteiger partial charge >= 0.3 is 0 Å². The van der Waals surface area contributed by atoms with Crippen LogP contribution >= 0.6 is 15.9 Å². The molecule has 0 saturated heterocycles. The Morgan fingerprint density at radius 3 is 2.53 bits per heavy atom. The second-order valence-electron chi connectivity index (χ2n) is 4.04. The molecule has 6 heteroatoms. The number of aryl methyl sites for hydroxylation is 1. The molecule has 0 amide bonds. The van der Waals surface area contributed by atoms with E-state index >= 15 is 0 Å². The monoisotopic (exact) mass is 341 g/mol. The molecule has 19 heavy (non-hydrogen) atoms. The molecule has 0 bridgehead atoms. The summed E-state index contributed by atoms with van der Waals surface area (Å²) in [5.41, 5.74) is 1.68. The van der Waals surface area contributed by atoms with Crippen LogP contribution in [0.15, 0.2) is 52.1 Å². The molecule has 1 heterocycles. The number of rotatable bonds is 4. The molecule has 0 fully saturated rings. The maximum atomic E-state index is 11.9. The maximum Gasteiger partial charge on any atom is 0.297 e. The summed E-state index contributed by atoms with van der Waals surface area (Å²) in [6.07, 6.45) is 3.19. The van der Waals surface area contributed by atoms with E-state index in [0.29, 0.717) is 5.56 Å². The van der Waals surface area contributed by atoms with Gasteiger partial charge in [-0.25, -0.2) is 0 Å². The van der Waals surface area contributed by atoms with E-state index in [1.54, 1.807) is 30.6 Å². The fraction of sp³-hybridized carbons (Fsp3) is 0.154. The van der Waals surface area contributed by atoms with Gasteiger partial charge in [-0.1, -0.05) is 17.7 Å². The predicted molar refractivity (Wildman–Crippen MR) is 75.1 cm³/mol. The second kappa shape index (κ2) is 5.81. The van der Waals surface area contributed by atoms with Crippen molar-refractivity contribution in [1.29, 1.82) is 0 Å². The van der Waals surface area contributed by atoms with Crippen molar-refractivity contribution >= 4 is 26.0 Å². The highest BCUT2D eigenvalue weighted by Gasteiger charge is 2.15. The summed E-state index contributed by atoms with van der Waals surface area (Å²) in [5, 5.41) is 0. The lowest BCUT2D eigenvalue weighted by Crippen LogP contribution is -2.06. The van der Waals surface area contributed by atoms with Crippen LogP contribution in [0, 0.1) is 6.92 Å². The average molecular weight is 342 g/mol. The molecule has 0 saturated carbocycles. The van der Waals surface area contributed by atoms with Gasteiger partial charge in [0.2, 0.25) is 0 Å². The summed E-state index contributed by atoms with van der Waals surface area (Å²) in [5.74, 6) is 0. The van der Waals surface area contributed by atoms with Crippen LogP contribution in [0.2, 0.25) is 0 Å². The van der Waals surface area contributed by atoms with Crippen molar-refractivity contribution in [3.8, 4) is 0 Å². The second-order valence-corrected chi connectivity index (χ2v) is 6.57. The van der Waals surface area contributed by atoms with Gasteiger partial charge in [0.25, 0.3) is 10.1 Å². The Balaban J connectivity index is 2.12. The van der Waals surface area contributed by atoms with Gasteiger partial charge in [0, 0.05) is 16.9 Å². The van der Waals surface area contributed by atoms with E-state index in [-0.39, 0.29) is 11.5 Å². The number of hydrogen-bond donors (Lipinski definition) is 0. The van der Waals surface area contributed by atoms with E-state index in [0.717, 1.165) is 10.0 Å². The molecule has 0 spiro atoms. The Labute approximate surface area is 120 Å². The van der Waals surface area contributed by atoms with Crippen molar-refractivity contribution in [3.63, 3.8) is 0 Å². The average Bonchev–Trinajstić information content (AvgIpc) is 2.37. The first-order chi connectivity index (χ1) is 8.97. The Kier molecular flexibility index (Phi) is 4.34. The molecule has 0 aliphatic carbocycles. The molecule has 2 rings (SSSR count). The zero-order valence-electron chi connectivity index (χ0n) is 10.2. The van der Waals surface area contributed by atoms with Gasteiger partial charge in [-0.3, -0.25) is 9.17 Å². The zero-order chi connectivity index (χ0) is 13.9. The predicted octanol–water partition coefficient (Wildman–Crippen LogP) is 3.06. The van der Waals surface area contributed by atoms with Crippen LogP contribution in [-0.4, -0.2) is 13.4 Å². The molecule has 4 nitrogen and oxygen atoms in total. The first-order valence-electron chi connectivity index (χ1n) is 5.53. The standard InChI is InChI=1S/C13H12BrNO3S/c1-10-2-4-13(5-3-10)19(16,17)18-9-11-6-12(14)8-15-7-11/h2-8H,9H2,1H3. The number of hydrogen-bond acceptors (Lipinski definition) is 4. The normalized spacial score (nSPS) is 11.5. The first kappa shape index (κ1) is 14.2. The first-order valence-corrected chi connectivity index (χ1v) is 7.73. The molecule has 0 atom stereocenters. The van der Waals surface area contributed by atoms with Crippen LogP contribution in [0.5, 0.6) is 0 Å². The van der Waals surface area contributed by atoms with Crippen LogP contribution in [0.25, 0.3) is 0 Å². The SMILES string of the molecule is Cc1ccc(S(=O)(=O)OCc2cncc(Br)c2)cc1. The summed E-state index contributed by atoms with van der Waals surface area (Å²) >= 11 is 3.27. The van der Waals surface area contributed by atoms with Crippen molar-refractivity contribution in [2.45, 2.75) is 18.4 Å². The smallest absolute Gasteiger partial charge is 0.263 e. The summed E-state index contributed by atoms with van der Waals surface area (Å²) in [6.45, 7) is 1.85. The molecule has 0 unspecified atom stereocenters. The number of aromatic nitrogens is 1. The van der Waals surface area contributed by atoms with Crippen molar-refractivity contribution in [2.24, 2.45) is 0 Å². The molecular weight excluding hydrogens is 330 g/mol. The fourth-order valence-electron chi connectivity index (χ4n) is 1.45. The van der Waals surface area contributed by atoms with E-state index < -0.39 is 10.1 Å². The Hall–Kier alpha value is -1.24. The van der Waals surface area contributed by atoms with Crippen LogP contribution in [0.1, 0.15) is 11.1 Å². The van der Waals surface area contributed by atoms with Gasteiger partial charge in [0.15, 0.2) is 0 Å². The Morgan fingerprint density at radius 1 is 1.21 bits per heavy atom. The third-order valence-electron chi connectivity index (χ3n) is 2.45. The highest BCUT2D eigenvalue weighted by molar-refractivity contribution is 9.10. The minimum atomic E-state index is -3.73. The van der Waals surface area contributed by atoms with Crippen molar-refractivity contribution < 1.29 is 12.6 Å². The van der Waals surface area contributed by atoms with Crippen LogP contribution < -0.4 is 0 Å². The van der Waals surface area contributed by atoms with E-state index in [9.17, 15) is 8.42 Å². The van der Waals surface area contributed by atoms with Crippen LogP contribution in [0.4, 0.5) is 0 Å². The zero-order valence-corrected chi connectivity index (χ0v) is 12.6. The lowest BCUT2D eigenvalue weighted by atomic mass is 10.2. The van der Waals surface area contributed by atoms with E-state index in [2.05, 4.69) is 20.9 Å². The topological polar surface area (TPSA) is 56.3 Å². The lowest BCUT2D eigenvalue weighted by molar-refractivity contribution is 0.307. The number of pyridine rings is 1.